The Morgan fingerprint density at radius 1 is 1.00 bits per heavy atom. The van der Waals surface area contributed by atoms with Crippen molar-refractivity contribution in [3.63, 3.8) is 0 Å². The molecule has 4 rings (SSSR count). The molecule has 1 atom stereocenters. The van der Waals surface area contributed by atoms with E-state index < -0.39 is 33.4 Å². The van der Waals surface area contributed by atoms with Gasteiger partial charge < -0.3 is 10.2 Å². The van der Waals surface area contributed by atoms with Crippen LogP contribution in [-0.2, 0) is 26.2 Å². The number of nitro groups is 1. The lowest BCUT2D eigenvalue weighted by Crippen LogP contribution is -2.52. The van der Waals surface area contributed by atoms with Gasteiger partial charge in [-0.3, -0.25) is 24.0 Å². The molecule has 0 saturated heterocycles. The van der Waals surface area contributed by atoms with Crippen molar-refractivity contribution in [2.75, 3.05) is 10.8 Å². The zero-order chi connectivity index (χ0) is 29.6. The van der Waals surface area contributed by atoms with Crippen molar-refractivity contribution in [2.24, 2.45) is 0 Å². The van der Waals surface area contributed by atoms with Crippen molar-refractivity contribution in [3.8, 4) is 0 Å². The second-order valence-corrected chi connectivity index (χ2v) is 12.1. The highest BCUT2D eigenvalue weighted by Crippen LogP contribution is 2.27. The molecule has 1 aliphatic rings. The number of rotatable bonds is 11. The molecular weight excluding hydrogens is 568 g/mol. The quantitative estimate of drug-likeness (QED) is 0.246. The molecule has 0 aliphatic heterocycles. The number of carbonyl (C=O) groups is 2. The van der Waals surface area contributed by atoms with Crippen molar-refractivity contribution in [1.82, 2.24) is 10.2 Å². The Bertz CT molecular complexity index is 1500. The Kier molecular flexibility index (Phi) is 9.61. The lowest BCUT2D eigenvalue weighted by Gasteiger charge is -2.32. The van der Waals surface area contributed by atoms with Crippen LogP contribution in [0, 0.1) is 10.1 Å². The molecule has 1 fully saturated rings. The van der Waals surface area contributed by atoms with Gasteiger partial charge in [-0.15, -0.1) is 0 Å². The predicted octanol–water partition coefficient (Wildman–Crippen LogP) is 4.92. The van der Waals surface area contributed by atoms with Gasteiger partial charge >= 0.3 is 0 Å². The number of carbonyl (C=O) groups excluding carboxylic acids is 2. The van der Waals surface area contributed by atoms with E-state index in [1.54, 1.807) is 49.4 Å². The summed E-state index contributed by atoms with van der Waals surface area (Å²) in [6.45, 7) is 0.915. The maximum Gasteiger partial charge on any atom is 0.269 e. The standard InChI is InChI=1S/C29H31ClN4O6S/c1-21(29(36)31-23-10-6-7-11-23)32(19-22-9-5-8-14-27(22)30)28(35)20-33(24-15-17-25(18-16-24)34(37)38)41(39,40)26-12-3-2-4-13-26/h2-5,8-9,12-18,21,23H,6-7,10-11,19-20H2,1H3,(H,31,36). The molecule has 0 radical (unpaired) electrons. The van der Waals surface area contributed by atoms with Crippen molar-refractivity contribution < 1.29 is 22.9 Å². The van der Waals surface area contributed by atoms with Gasteiger partial charge in [0.25, 0.3) is 15.7 Å². The lowest BCUT2D eigenvalue weighted by molar-refractivity contribution is -0.384. The molecule has 0 heterocycles. The molecule has 0 spiro atoms. The number of amides is 2. The maximum absolute atomic E-state index is 14.0. The minimum Gasteiger partial charge on any atom is -0.352 e. The van der Waals surface area contributed by atoms with Gasteiger partial charge in [-0.1, -0.05) is 60.8 Å². The third-order valence-electron chi connectivity index (χ3n) is 7.13. The van der Waals surface area contributed by atoms with E-state index in [2.05, 4.69) is 5.32 Å². The maximum atomic E-state index is 14.0. The molecule has 12 heteroatoms. The summed E-state index contributed by atoms with van der Waals surface area (Å²) in [7, 11) is -4.27. The Balaban J connectivity index is 1.70. The zero-order valence-electron chi connectivity index (χ0n) is 22.5. The number of nitro benzene ring substituents is 1. The summed E-state index contributed by atoms with van der Waals surface area (Å²) in [4.78, 5) is 39.1. The van der Waals surface area contributed by atoms with Crippen molar-refractivity contribution in [3.05, 3.63) is 99.6 Å². The molecule has 10 nitrogen and oxygen atoms in total. The van der Waals surface area contributed by atoms with E-state index in [1.807, 2.05) is 0 Å². The first-order chi connectivity index (χ1) is 19.6. The highest BCUT2D eigenvalue weighted by atomic mass is 35.5. The van der Waals surface area contributed by atoms with Crippen LogP contribution in [-0.4, -0.2) is 48.7 Å². The van der Waals surface area contributed by atoms with Crippen molar-refractivity contribution >= 4 is 44.8 Å². The molecule has 1 saturated carbocycles. The summed E-state index contributed by atoms with van der Waals surface area (Å²) in [6.07, 6.45) is 3.76. The first-order valence-corrected chi connectivity index (χ1v) is 15.0. The second-order valence-electron chi connectivity index (χ2n) is 9.88. The fraction of sp³-hybridized carbons (Fsp3) is 0.310. The van der Waals surface area contributed by atoms with E-state index in [9.17, 15) is 28.1 Å². The number of non-ortho nitro benzene ring substituents is 1. The van der Waals surface area contributed by atoms with Crippen LogP contribution in [0.3, 0.4) is 0 Å². The van der Waals surface area contributed by atoms with Crippen LogP contribution in [0.4, 0.5) is 11.4 Å². The van der Waals surface area contributed by atoms with Gasteiger partial charge in [0.15, 0.2) is 0 Å². The van der Waals surface area contributed by atoms with Crippen LogP contribution in [0.15, 0.2) is 83.8 Å². The minimum atomic E-state index is -4.27. The third-order valence-corrected chi connectivity index (χ3v) is 9.28. The Morgan fingerprint density at radius 3 is 2.22 bits per heavy atom. The molecule has 3 aromatic rings. The van der Waals surface area contributed by atoms with Crippen LogP contribution in [0.1, 0.15) is 38.2 Å². The summed E-state index contributed by atoms with van der Waals surface area (Å²) in [5, 5.41) is 14.6. The smallest absolute Gasteiger partial charge is 0.269 e. The monoisotopic (exact) mass is 598 g/mol. The number of hydrogen-bond acceptors (Lipinski definition) is 6. The average molecular weight is 599 g/mol. The molecule has 1 aliphatic carbocycles. The van der Waals surface area contributed by atoms with Gasteiger partial charge in [0, 0.05) is 29.7 Å². The summed E-state index contributed by atoms with van der Waals surface area (Å²) in [5.74, 6) is -0.984. The topological polar surface area (TPSA) is 130 Å². The van der Waals surface area contributed by atoms with Crippen LogP contribution in [0.5, 0.6) is 0 Å². The molecule has 1 N–H and O–H groups in total. The predicted molar refractivity (Wildman–Crippen MR) is 156 cm³/mol. The van der Waals surface area contributed by atoms with Gasteiger partial charge in [-0.2, -0.15) is 0 Å². The van der Waals surface area contributed by atoms with Crippen molar-refractivity contribution in [2.45, 2.75) is 56.1 Å². The number of nitrogens with zero attached hydrogens (tertiary/aromatic N) is 3. The first-order valence-electron chi connectivity index (χ1n) is 13.2. The average Bonchev–Trinajstić information content (AvgIpc) is 3.48. The van der Waals surface area contributed by atoms with Gasteiger partial charge in [-0.05, 0) is 55.7 Å². The number of anilines is 1. The van der Waals surface area contributed by atoms with E-state index in [0.29, 0.717) is 10.6 Å². The first kappa shape index (κ1) is 30.0. The highest BCUT2D eigenvalue weighted by Gasteiger charge is 2.33. The van der Waals surface area contributed by atoms with E-state index in [1.165, 1.54) is 41.3 Å². The van der Waals surface area contributed by atoms with Crippen LogP contribution >= 0.6 is 11.6 Å². The van der Waals surface area contributed by atoms with Gasteiger partial charge in [0.1, 0.15) is 12.6 Å². The number of hydrogen-bond donors (Lipinski definition) is 1. The Hall–Kier alpha value is -3.96. The summed E-state index contributed by atoms with van der Waals surface area (Å²) < 4.78 is 28.5. The molecule has 0 bridgehead atoms. The molecule has 41 heavy (non-hydrogen) atoms. The number of halogens is 1. The van der Waals surface area contributed by atoms with E-state index in [-0.39, 0.29) is 34.8 Å². The van der Waals surface area contributed by atoms with E-state index in [0.717, 1.165) is 30.0 Å². The fourth-order valence-electron chi connectivity index (χ4n) is 4.77. The van der Waals surface area contributed by atoms with E-state index in [4.69, 9.17) is 11.6 Å². The number of sulfonamides is 1. The second kappa shape index (κ2) is 13.1. The van der Waals surface area contributed by atoms with Gasteiger partial charge in [0.05, 0.1) is 15.5 Å². The van der Waals surface area contributed by atoms with E-state index >= 15 is 0 Å². The number of nitrogens with one attached hydrogen (secondary N) is 1. The molecule has 2 amide bonds. The minimum absolute atomic E-state index is 0.0253. The van der Waals surface area contributed by atoms with Crippen molar-refractivity contribution in [1.29, 1.82) is 0 Å². The molecular formula is C29H31ClN4O6S. The summed E-state index contributed by atoms with van der Waals surface area (Å²) in [5.41, 5.74) is 0.430. The molecule has 3 aromatic carbocycles. The van der Waals surface area contributed by atoms with Crippen LogP contribution in [0.2, 0.25) is 5.02 Å². The molecule has 0 aromatic heterocycles. The van der Waals surface area contributed by atoms with Crippen LogP contribution in [0.25, 0.3) is 0 Å². The summed E-state index contributed by atoms with van der Waals surface area (Å²) in [6, 6.07) is 18.5. The Morgan fingerprint density at radius 2 is 1.61 bits per heavy atom. The van der Waals surface area contributed by atoms with Crippen LogP contribution < -0.4 is 9.62 Å². The fourth-order valence-corrected chi connectivity index (χ4v) is 6.40. The largest absolute Gasteiger partial charge is 0.352 e. The number of benzene rings is 3. The molecule has 216 valence electrons. The Labute approximate surface area is 244 Å². The summed E-state index contributed by atoms with van der Waals surface area (Å²) >= 11 is 6.39. The lowest BCUT2D eigenvalue weighted by atomic mass is 10.1. The van der Waals surface area contributed by atoms with Gasteiger partial charge in [0.2, 0.25) is 11.8 Å². The normalized spacial score (nSPS) is 14.3. The zero-order valence-corrected chi connectivity index (χ0v) is 24.1. The SMILES string of the molecule is CC(C(=O)NC1CCCC1)N(Cc1ccccc1Cl)C(=O)CN(c1ccc([N+](=O)[O-])cc1)S(=O)(=O)c1ccccc1. The van der Waals surface area contributed by atoms with Gasteiger partial charge in [-0.25, -0.2) is 8.42 Å². The highest BCUT2D eigenvalue weighted by molar-refractivity contribution is 7.92. The molecule has 1 unspecified atom stereocenters. The third kappa shape index (κ3) is 7.22.